The van der Waals surface area contributed by atoms with Crippen LogP contribution in [0.4, 0.5) is 0 Å². The normalized spacial score (nSPS) is 21.7. The highest BCUT2D eigenvalue weighted by atomic mass is 35.5. The van der Waals surface area contributed by atoms with Crippen molar-refractivity contribution >= 4 is 17.2 Å². The Kier molecular flexibility index (Phi) is 4.67. The highest BCUT2D eigenvalue weighted by Crippen LogP contribution is 2.59. The van der Waals surface area contributed by atoms with Gasteiger partial charge in [0.05, 0.1) is 0 Å². The number of benzene rings is 2. The average Bonchev–Trinajstić information content (AvgIpc) is 2.91. The Labute approximate surface area is 181 Å². The van der Waals surface area contributed by atoms with Crippen LogP contribution in [0.1, 0.15) is 89.1 Å². The van der Waals surface area contributed by atoms with Crippen LogP contribution in [0.15, 0.2) is 59.1 Å². The minimum Gasteiger partial charge on any atom is -0.0885 e. The lowest BCUT2D eigenvalue weighted by molar-refractivity contribution is 0.551. The average molecular weight is 405 g/mol. The zero-order chi connectivity index (χ0) is 21.2. The number of allylic oxidation sites excluding steroid dienone is 4. The molecule has 2 aromatic carbocycles. The lowest BCUT2D eigenvalue weighted by atomic mass is 9.68. The van der Waals surface area contributed by atoms with Gasteiger partial charge in [-0.2, -0.15) is 0 Å². The first kappa shape index (κ1) is 20.5. The minimum absolute atomic E-state index is 0.0441. The van der Waals surface area contributed by atoms with Crippen molar-refractivity contribution in [2.75, 3.05) is 0 Å². The van der Waals surface area contributed by atoms with Gasteiger partial charge >= 0.3 is 0 Å². The SMILES string of the molecule is CC(C)(C)c1cc2c(c(C(C)(C)C)c1)C(C)(c1ccccc1)C1=CCCC(Cl)=C12. The van der Waals surface area contributed by atoms with Crippen molar-refractivity contribution in [3.8, 4) is 0 Å². The summed E-state index contributed by atoms with van der Waals surface area (Å²) in [6.45, 7) is 16.3. The van der Waals surface area contributed by atoms with E-state index in [1.54, 1.807) is 0 Å². The molecule has 0 bridgehead atoms. The van der Waals surface area contributed by atoms with E-state index in [1.807, 2.05) is 0 Å². The molecule has 0 amide bonds. The van der Waals surface area contributed by atoms with Gasteiger partial charge in [0.2, 0.25) is 0 Å². The molecular weight excluding hydrogens is 372 g/mol. The van der Waals surface area contributed by atoms with Crippen molar-refractivity contribution in [2.45, 2.75) is 77.6 Å². The molecule has 0 nitrogen and oxygen atoms in total. The maximum Gasteiger partial charge on any atom is 0.0435 e. The second kappa shape index (κ2) is 6.61. The van der Waals surface area contributed by atoms with Crippen LogP contribution in [0.2, 0.25) is 0 Å². The van der Waals surface area contributed by atoms with Crippen LogP contribution in [0.3, 0.4) is 0 Å². The fourth-order valence-electron chi connectivity index (χ4n) is 5.07. The summed E-state index contributed by atoms with van der Waals surface area (Å²) in [4.78, 5) is 0. The molecule has 1 heteroatoms. The Morgan fingerprint density at radius 2 is 1.55 bits per heavy atom. The van der Waals surface area contributed by atoms with Crippen molar-refractivity contribution in [1.29, 1.82) is 0 Å². The van der Waals surface area contributed by atoms with Crippen molar-refractivity contribution in [2.24, 2.45) is 0 Å². The van der Waals surface area contributed by atoms with Crippen LogP contribution in [0.25, 0.3) is 5.57 Å². The summed E-state index contributed by atoms with van der Waals surface area (Å²) in [6.07, 6.45) is 4.40. The summed E-state index contributed by atoms with van der Waals surface area (Å²) >= 11 is 6.93. The minimum atomic E-state index is -0.175. The van der Waals surface area contributed by atoms with Gasteiger partial charge in [0.25, 0.3) is 0 Å². The standard InChI is InChI=1S/C28H33Cl/c1-26(2,3)19-16-20-24-21(14-11-15-23(24)29)28(7,18-12-9-8-10-13-18)25(20)22(17-19)27(4,5)6/h8-10,12-14,16-17H,11,15H2,1-7H3. The highest BCUT2D eigenvalue weighted by molar-refractivity contribution is 6.34. The molecule has 2 aromatic rings. The van der Waals surface area contributed by atoms with Gasteiger partial charge < -0.3 is 0 Å². The summed E-state index contributed by atoms with van der Waals surface area (Å²) in [5.74, 6) is 0. The van der Waals surface area contributed by atoms with Gasteiger partial charge in [0, 0.05) is 16.0 Å². The molecule has 0 heterocycles. The van der Waals surface area contributed by atoms with Gasteiger partial charge in [-0.25, -0.2) is 0 Å². The molecule has 0 radical (unpaired) electrons. The monoisotopic (exact) mass is 404 g/mol. The van der Waals surface area contributed by atoms with Gasteiger partial charge in [-0.3, -0.25) is 0 Å². The van der Waals surface area contributed by atoms with Crippen LogP contribution >= 0.6 is 11.6 Å². The Hall–Kier alpha value is -1.79. The predicted molar refractivity (Wildman–Crippen MR) is 127 cm³/mol. The molecule has 29 heavy (non-hydrogen) atoms. The van der Waals surface area contributed by atoms with Crippen molar-refractivity contribution < 1.29 is 0 Å². The van der Waals surface area contributed by atoms with Crippen LogP contribution < -0.4 is 0 Å². The second-order valence-electron chi connectivity index (χ2n) is 10.9. The van der Waals surface area contributed by atoms with E-state index in [-0.39, 0.29) is 16.2 Å². The van der Waals surface area contributed by atoms with E-state index >= 15 is 0 Å². The highest BCUT2D eigenvalue weighted by Gasteiger charge is 2.48. The van der Waals surface area contributed by atoms with Gasteiger partial charge in [0.1, 0.15) is 0 Å². The maximum absolute atomic E-state index is 6.93. The van der Waals surface area contributed by atoms with Gasteiger partial charge in [-0.05, 0) is 64.0 Å². The van der Waals surface area contributed by atoms with E-state index in [0.29, 0.717) is 0 Å². The molecule has 0 aliphatic heterocycles. The first-order valence-corrected chi connectivity index (χ1v) is 11.2. The summed E-state index contributed by atoms with van der Waals surface area (Å²) in [5.41, 5.74) is 9.62. The van der Waals surface area contributed by atoms with E-state index in [4.69, 9.17) is 11.6 Å². The molecular formula is C28H33Cl. The van der Waals surface area contributed by atoms with Gasteiger partial charge in [0.15, 0.2) is 0 Å². The molecule has 2 aliphatic carbocycles. The van der Waals surface area contributed by atoms with E-state index in [9.17, 15) is 0 Å². The number of hydrogen-bond donors (Lipinski definition) is 0. The van der Waals surface area contributed by atoms with Gasteiger partial charge in [-0.1, -0.05) is 102 Å². The number of hydrogen-bond acceptors (Lipinski definition) is 0. The molecule has 0 aromatic heterocycles. The van der Waals surface area contributed by atoms with Crippen LogP contribution in [0, 0.1) is 0 Å². The zero-order valence-corrected chi connectivity index (χ0v) is 19.7. The van der Waals surface area contributed by atoms with Crippen molar-refractivity contribution in [3.63, 3.8) is 0 Å². The third-order valence-corrected chi connectivity index (χ3v) is 7.10. The number of rotatable bonds is 1. The molecule has 0 saturated carbocycles. The van der Waals surface area contributed by atoms with Crippen LogP contribution in [-0.4, -0.2) is 0 Å². The summed E-state index contributed by atoms with van der Waals surface area (Å²) in [5, 5.41) is 1.02. The number of fused-ring (bicyclic) bond motifs is 3. The van der Waals surface area contributed by atoms with E-state index in [1.165, 1.54) is 39.0 Å². The summed E-state index contributed by atoms with van der Waals surface area (Å²) in [6, 6.07) is 15.9. The molecule has 2 aliphatic rings. The van der Waals surface area contributed by atoms with Gasteiger partial charge in [-0.15, -0.1) is 0 Å². The molecule has 4 rings (SSSR count). The molecule has 152 valence electrons. The fourth-order valence-corrected chi connectivity index (χ4v) is 5.38. The fraction of sp³-hybridized carbons (Fsp3) is 0.429. The quantitative estimate of drug-likeness (QED) is 0.448. The smallest absolute Gasteiger partial charge is 0.0435 e. The predicted octanol–water partition coefficient (Wildman–Crippen LogP) is 8.27. The third-order valence-electron chi connectivity index (χ3n) is 6.72. The molecule has 0 spiro atoms. The Morgan fingerprint density at radius 3 is 2.14 bits per heavy atom. The third kappa shape index (κ3) is 3.12. The Bertz CT molecular complexity index is 1020. The molecule has 0 fully saturated rings. The van der Waals surface area contributed by atoms with Crippen LogP contribution in [0.5, 0.6) is 0 Å². The van der Waals surface area contributed by atoms with E-state index in [0.717, 1.165) is 17.9 Å². The Morgan fingerprint density at radius 1 is 0.897 bits per heavy atom. The summed E-state index contributed by atoms with van der Waals surface area (Å²) in [7, 11) is 0. The number of halogens is 1. The van der Waals surface area contributed by atoms with Crippen LogP contribution in [-0.2, 0) is 16.2 Å². The summed E-state index contributed by atoms with van der Waals surface area (Å²) < 4.78 is 0. The maximum atomic E-state index is 6.93. The molecule has 0 saturated heterocycles. The van der Waals surface area contributed by atoms with Crippen molar-refractivity contribution in [1.82, 2.24) is 0 Å². The lowest BCUT2D eigenvalue weighted by Crippen LogP contribution is -2.28. The van der Waals surface area contributed by atoms with E-state index < -0.39 is 0 Å². The molecule has 1 atom stereocenters. The molecule has 1 unspecified atom stereocenters. The topological polar surface area (TPSA) is 0 Å². The first-order chi connectivity index (χ1) is 13.5. The Balaban J connectivity index is 2.17. The zero-order valence-electron chi connectivity index (χ0n) is 18.9. The van der Waals surface area contributed by atoms with E-state index in [2.05, 4.69) is 97.0 Å². The lowest BCUT2D eigenvalue weighted by Gasteiger charge is -2.35. The van der Waals surface area contributed by atoms with Crippen molar-refractivity contribution in [3.05, 3.63) is 87.0 Å². The second-order valence-corrected chi connectivity index (χ2v) is 11.3. The molecule has 0 N–H and O–H groups in total. The first-order valence-electron chi connectivity index (χ1n) is 10.8. The largest absolute Gasteiger partial charge is 0.0885 e.